The van der Waals surface area contributed by atoms with Gasteiger partial charge in [0.05, 0.1) is 11.5 Å². The van der Waals surface area contributed by atoms with Crippen molar-refractivity contribution in [3.63, 3.8) is 0 Å². The largest absolute Gasteiger partial charge is 0.487 e. The van der Waals surface area contributed by atoms with Crippen molar-refractivity contribution in [2.24, 2.45) is 0 Å². The van der Waals surface area contributed by atoms with Gasteiger partial charge in [0.15, 0.2) is 5.75 Å². The van der Waals surface area contributed by atoms with E-state index < -0.39 is 4.92 Å². The van der Waals surface area contributed by atoms with Gasteiger partial charge in [-0.1, -0.05) is 6.92 Å². The van der Waals surface area contributed by atoms with Gasteiger partial charge in [-0.25, -0.2) is 0 Å². The van der Waals surface area contributed by atoms with Gasteiger partial charge >= 0.3 is 5.69 Å². The Morgan fingerprint density at radius 1 is 1.47 bits per heavy atom. The summed E-state index contributed by atoms with van der Waals surface area (Å²) >= 11 is 0. The van der Waals surface area contributed by atoms with Gasteiger partial charge in [-0.05, 0) is 19.5 Å². The molecule has 0 bridgehead atoms. The molecular weight excluding hydrogens is 246 g/mol. The quantitative estimate of drug-likeness (QED) is 0.576. The molecule has 0 aliphatic carbocycles. The predicted molar refractivity (Wildman–Crippen MR) is 76.1 cm³/mol. The second-order valence-corrected chi connectivity index (χ2v) is 4.28. The van der Waals surface area contributed by atoms with Crippen LogP contribution in [0.5, 0.6) is 5.75 Å². The number of benzene rings is 1. The van der Waals surface area contributed by atoms with E-state index in [1.165, 1.54) is 6.07 Å². The molecule has 1 aromatic rings. The number of rotatable bonds is 8. The molecule has 19 heavy (non-hydrogen) atoms. The Balaban J connectivity index is 2.93. The average Bonchev–Trinajstić information content (AvgIpc) is 2.41. The highest BCUT2D eigenvalue weighted by atomic mass is 16.6. The maximum atomic E-state index is 10.9. The summed E-state index contributed by atoms with van der Waals surface area (Å²) in [5.41, 5.74) is 0.922. The van der Waals surface area contributed by atoms with Crippen molar-refractivity contribution in [2.45, 2.75) is 13.3 Å². The first kappa shape index (κ1) is 15.2. The zero-order valence-corrected chi connectivity index (χ0v) is 11.7. The molecule has 0 saturated carbocycles. The van der Waals surface area contributed by atoms with E-state index in [1.54, 1.807) is 12.1 Å². The Bertz CT molecular complexity index is 424. The number of nitro benzene ring substituents is 1. The van der Waals surface area contributed by atoms with Crippen LogP contribution in [0, 0.1) is 10.1 Å². The Labute approximate surface area is 113 Å². The molecule has 0 aliphatic rings. The first-order valence-corrected chi connectivity index (χ1v) is 6.37. The zero-order valence-electron chi connectivity index (χ0n) is 11.7. The lowest BCUT2D eigenvalue weighted by Crippen LogP contribution is -2.27. The SMILES string of the molecule is CCCOc1cc(N(C)CCNC)ccc1[N+](=O)[O-]. The van der Waals surface area contributed by atoms with E-state index in [0.717, 1.165) is 25.2 Å². The van der Waals surface area contributed by atoms with Gasteiger partial charge in [0.1, 0.15) is 0 Å². The summed E-state index contributed by atoms with van der Waals surface area (Å²) in [7, 11) is 3.83. The lowest BCUT2D eigenvalue weighted by atomic mass is 10.2. The maximum absolute atomic E-state index is 10.9. The third kappa shape index (κ3) is 4.40. The fraction of sp³-hybridized carbons (Fsp3) is 0.538. The Hall–Kier alpha value is -1.82. The van der Waals surface area contributed by atoms with E-state index in [1.807, 2.05) is 25.9 Å². The van der Waals surface area contributed by atoms with Gasteiger partial charge in [-0.3, -0.25) is 10.1 Å². The smallest absolute Gasteiger partial charge is 0.311 e. The Kier molecular flexibility index (Phi) is 6.08. The monoisotopic (exact) mass is 267 g/mol. The van der Waals surface area contributed by atoms with E-state index in [-0.39, 0.29) is 5.69 Å². The molecule has 0 fully saturated rings. The first-order valence-electron chi connectivity index (χ1n) is 6.37. The minimum atomic E-state index is -0.414. The van der Waals surface area contributed by atoms with Crippen molar-refractivity contribution < 1.29 is 9.66 Å². The van der Waals surface area contributed by atoms with E-state index in [4.69, 9.17) is 4.74 Å². The summed E-state index contributed by atoms with van der Waals surface area (Å²) < 4.78 is 5.46. The van der Waals surface area contributed by atoms with E-state index in [9.17, 15) is 10.1 Å². The second kappa shape index (κ2) is 7.58. The van der Waals surface area contributed by atoms with Crippen LogP contribution < -0.4 is 15.0 Å². The minimum absolute atomic E-state index is 0.0132. The fourth-order valence-electron chi connectivity index (χ4n) is 1.63. The van der Waals surface area contributed by atoms with Crippen LogP contribution in [0.15, 0.2) is 18.2 Å². The van der Waals surface area contributed by atoms with Crippen LogP contribution in [0.3, 0.4) is 0 Å². The molecule has 1 aromatic carbocycles. The summed E-state index contributed by atoms with van der Waals surface area (Å²) in [6.07, 6.45) is 0.816. The number of nitro groups is 1. The van der Waals surface area contributed by atoms with Gasteiger partial charge < -0.3 is 15.0 Å². The molecule has 1 rings (SSSR count). The third-order valence-corrected chi connectivity index (χ3v) is 2.74. The number of ether oxygens (including phenoxy) is 1. The van der Waals surface area contributed by atoms with Gasteiger partial charge in [0.25, 0.3) is 0 Å². The van der Waals surface area contributed by atoms with E-state index >= 15 is 0 Å². The molecule has 1 N–H and O–H groups in total. The molecular formula is C13H21N3O3. The van der Waals surface area contributed by atoms with E-state index in [2.05, 4.69) is 5.32 Å². The second-order valence-electron chi connectivity index (χ2n) is 4.28. The van der Waals surface area contributed by atoms with Crippen molar-refractivity contribution in [1.29, 1.82) is 0 Å². The van der Waals surface area contributed by atoms with Gasteiger partial charge in [-0.15, -0.1) is 0 Å². The molecule has 0 radical (unpaired) electrons. The van der Waals surface area contributed by atoms with Crippen LogP contribution in [0.25, 0.3) is 0 Å². The number of hydrogen-bond donors (Lipinski definition) is 1. The van der Waals surface area contributed by atoms with Crippen LogP contribution in [0.2, 0.25) is 0 Å². The zero-order chi connectivity index (χ0) is 14.3. The van der Waals surface area contributed by atoms with Crippen LogP contribution in [0.1, 0.15) is 13.3 Å². The summed E-state index contributed by atoms with van der Waals surface area (Å²) in [5, 5.41) is 14.0. The molecule has 106 valence electrons. The average molecular weight is 267 g/mol. The van der Waals surface area contributed by atoms with Gasteiger partial charge in [0.2, 0.25) is 0 Å². The summed E-state index contributed by atoms with van der Waals surface area (Å²) in [6.45, 7) is 4.11. The predicted octanol–water partition coefficient (Wildman–Crippen LogP) is 2.04. The molecule has 0 heterocycles. The highest BCUT2D eigenvalue weighted by Crippen LogP contribution is 2.31. The van der Waals surface area contributed by atoms with Crippen LogP contribution in [-0.4, -0.2) is 38.7 Å². The minimum Gasteiger partial charge on any atom is -0.487 e. The molecule has 6 heteroatoms. The molecule has 0 spiro atoms. The number of hydrogen-bond acceptors (Lipinski definition) is 5. The molecule has 0 aromatic heterocycles. The van der Waals surface area contributed by atoms with E-state index in [0.29, 0.717) is 12.4 Å². The topological polar surface area (TPSA) is 67.6 Å². The van der Waals surface area contributed by atoms with Crippen LogP contribution >= 0.6 is 0 Å². The van der Waals surface area contributed by atoms with Crippen molar-refractivity contribution in [3.8, 4) is 5.75 Å². The summed E-state index contributed by atoms with van der Waals surface area (Å²) in [6, 6.07) is 4.96. The molecule has 0 atom stereocenters. The molecule has 6 nitrogen and oxygen atoms in total. The Morgan fingerprint density at radius 2 is 2.21 bits per heavy atom. The lowest BCUT2D eigenvalue weighted by Gasteiger charge is -2.19. The standard InChI is InChI=1S/C13H21N3O3/c1-4-9-19-13-10-11(15(3)8-7-14-2)5-6-12(13)16(17)18/h5-6,10,14H,4,7-9H2,1-3H3. The molecule has 0 amide bonds. The molecule has 0 saturated heterocycles. The summed E-state index contributed by atoms with van der Waals surface area (Å²) in [5.74, 6) is 0.334. The fourth-order valence-corrected chi connectivity index (χ4v) is 1.63. The number of nitrogens with one attached hydrogen (secondary N) is 1. The van der Waals surface area contributed by atoms with Crippen LogP contribution in [-0.2, 0) is 0 Å². The maximum Gasteiger partial charge on any atom is 0.311 e. The van der Waals surface area contributed by atoms with Crippen molar-refractivity contribution >= 4 is 11.4 Å². The van der Waals surface area contributed by atoms with Gasteiger partial charge in [0, 0.05) is 38.0 Å². The Morgan fingerprint density at radius 3 is 2.79 bits per heavy atom. The summed E-state index contributed by atoms with van der Waals surface area (Å²) in [4.78, 5) is 12.6. The molecule has 0 aliphatic heterocycles. The van der Waals surface area contributed by atoms with Gasteiger partial charge in [-0.2, -0.15) is 0 Å². The number of likely N-dealkylation sites (N-methyl/N-ethyl adjacent to an activating group) is 2. The normalized spacial score (nSPS) is 10.3. The highest BCUT2D eigenvalue weighted by molar-refractivity contribution is 5.59. The van der Waals surface area contributed by atoms with Crippen molar-refractivity contribution in [2.75, 3.05) is 38.7 Å². The van der Waals surface area contributed by atoms with Crippen molar-refractivity contribution in [3.05, 3.63) is 28.3 Å². The first-order chi connectivity index (χ1) is 9.10. The lowest BCUT2D eigenvalue weighted by molar-refractivity contribution is -0.385. The highest BCUT2D eigenvalue weighted by Gasteiger charge is 2.16. The molecule has 0 unspecified atom stereocenters. The van der Waals surface area contributed by atoms with Crippen LogP contribution in [0.4, 0.5) is 11.4 Å². The third-order valence-electron chi connectivity index (χ3n) is 2.74. The van der Waals surface area contributed by atoms with Crippen molar-refractivity contribution in [1.82, 2.24) is 5.32 Å². The number of anilines is 1. The number of nitrogens with zero attached hydrogens (tertiary/aromatic N) is 2.